The van der Waals surface area contributed by atoms with E-state index in [0.29, 0.717) is 24.4 Å². The number of ether oxygens (including phenoxy) is 1. The van der Waals surface area contributed by atoms with Gasteiger partial charge in [-0.15, -0.1) is 10.2 Å². The van der Waals surface area contributed by atoms with Crippen LogP contribution in [0.15, 0.2) is 61.9 Å². The van der Waals surface area contributed by atoms with Crippen molar-refractivity contribution in [2.45, 2.75) is 40.7 Å². The maximum Gasteiger partial charge on any atom is 0.284 e. The summed E-state index contributed by atoms with van der Waals surface area (Å²) in [4.78, 5) is 11.2. The van der Waals surface area contributed by atoms with E-state index in [-0.39, 0.29) is 26.6 Å². The van der Waals surface area contributed by atoms with Crippen LogP contribution in [-0.4, -0.2) is 48.0 Å². The molecule has 1 aromatic heterocycles. The number of rotatable bonds is 7. The molecule has 1 aliphatic rings. The van der Waals surface area contributed by atoms with E-state index in [2.05, 4.69) is 10.2 Å². The van der Waals surface area contributed by atoms with Gasteiger partial charge in [-0.25, -0.2) is 8.42 Å². The fourth-order valence-electron chi connectivity index (χ4n) is 3.59. The maximum atomic E-state index is 13.0. The van der Waals surface area contributed by atoms with Crippen LogP contribution in [0.1, 0.15) is 25.7 Å². The molecule has 2 heterocycles. The van der Waals surface area contributed by atoms with Crippen molar-refractivity contribution in [1.82, 2.24) is 14.5 Å². The van der Waals surface area contributed by atoms with Crippen LogP contribution in [0.3, 0.4) is 0 Å². The molecule has 1 fully saturated rings. The number of para-hydroxylation sites is 1. The molecule has 33 heavy (non-hydrogen) atoms. The Bertz CT molecular complexity index is 1250. The number of methoxy groups -OCH3 is 1. The average Bonchev–Trinajstić information content (AvgIpc) is 3.09. The number of sulfonamides is 1. The van der Waals surface area contributed by atoms with Gasteiger partial charge in [0.05, 0.1) is 27.4 Å². The Balaban J connectivity index is 1.62. The van der Waals surface area contributed by atoms with Crippen molar-refractivity contribution in [3.8, 4) is 17.2 Å². The van der Waals surface area contributed by atoms with Crippen molar-refractivity contribution in [2.24, 2.45) is 0 Å². The first-order valence-electron chi connectivity index (χ1n) is 10.3. The maximum absolute atomic E-state index is 13.0. The number of aromatic nitrogens is 2. The van der Waals surface area contributed by atoms with Gasteiger partial charge in [0.15, 0.2) is 0 Å². The van der Waals surface area contributed by atoms with Crippen molar-refractivity contribution in [1.29, 1.82) is 0 Å². The van der Waals surface area contributed by atoms with Crippen LogP contribution < -0.4 is 4.74 Å². The first-order chi connectivity index (χ1) is 15.9. The fraction of sp³-hybridized carbons (Fsp3) is 0.333. The van der Waals surface area contributed by atoms with E-state index in [1.807, 2.05) is 0 Å². The Morgan fingerprint density at radius 2 is 1.82 bits per heavy atom. The minimum Gasteiger partial charge on any atom is -0.496 e. The largest absolute Gasteiger partial charge is 0.496 e. The molecule has 0 N–H and O–H groups in total. The lowest BCUT2D eigenvalue weighted by Crippen LogP contribution is -2.31. The van der Waals surface area contributed by atoms with Crippen LogP contribution in [0.25, 0.3) is 11.5 Å². The Kier molecular flexibility index (Phi) is 6.96. The molecule has 0 spiro atoms. The lowest BCUT2D eigenvalue weighted by molar-refractivity contribution is -0.388. The SMILES string of the molecule is COc1ccccc1-c1nnc(Sc2ccc(S(=O)(=O)N3CCCCCC3)cc2[N+](=O)[O-])o1. The summed E-state index contributed by atoms with van der Waals surface area (Å²) in [6, 6.07) is 11.0. The number of nitrogens with zero attached hydrogens (tertiary/aromatic N) is 4. The molecule has 0 radical (unpaired) electrons. The molecule has 0 bridgehead atoms. The van der Waals surface area contributed by atoms with Gasteiger partial charge >= 0.3 is 0 Å². The number of benzene rings is 2. The van der Waals surface area contributed by atoms with E-state index in [9.17, 15) is 18.5 Å². The summed E-state index contributed by atoms with van der Waals surface area (Å²) < 4.78 is 38.5. The van der Waals surface area contributed by atoms with Gasteiger partial charge < -0.3 is 9.15 Å². The summed E-state index contributed by atoms with van der Waals surface area (Å²) in [5.41, 5.74) is 0.251. The summed E-state index contributed by atoms with van der Waals surface area (Å²) in [5, 5.41) is 19.8. The van der Waals surface area contributed by atoms with E-state index < -0.39 is 14.9 Å². The summed E-state index contributed by atoms with van der Waals surface area (Å²) in [6.07, 6.45) is 3.51. The van der Waals surface area contributed by atoms with E-state index >= 15 is 0 Å². The third-order valence-electron chi connectivity index (χ3n) is 5.27. The van der Waals surface area contributed by atoms with E-state index in [0.717, 1.165) is 43.5 Å². The standard InChI is InChI=1S/C21H22N4O6S2/c1-30-18-9-5-4-8-16(18)20-22-23-21(31-20)32-19-11-10-15(14-17(19)25(26)27)33(28,29)24-12-6-2-3-7-13-24/h4-5,8-11,14H,2-3,6-7,12-13H2,1H3. The van der Waals surface area contributed by atoms with Crippen molar-refractivity contribution in [2.75, 3.05) is 20.2 Å². The Labute approximate surface area is 195 Å². The molecule has 1 aliphatic heterocycles. The molecule has 0 aliphatic carbocycles. The number of nitro benzene ring substituents is 1. The van der Waals surface area contributed by atoms with Crippen LogP contribution in [0, 0.1) is 10.1 Å². The van der Waals surface area contributed by atoms with Crippen LogP contribution >= 0.6 is 11.8 Å². The Morgan fingerprint density at radius 1 is 1.09 bits per heavy atom. The Morgan fingerprint density at radius 3 is 2.52 bits per heavy atom. The highest BCUT2D eigenvalue weighted by molar-refractivity contribution is 7.99. The van der Waals surface area contributed by atoms with Crippen molar-refractivity contribution in [3.05, 3.63) is 52.6 Å². The fourth-order valence-corrected chi connectivity index (χ4v) is 5.90. The van der Waals surface area contributed by atoms with Gasteiger partial charge in [0.1, 0.15) is 5.75 Å². The molecular formula is C21H22N4O6S2. The number of hydrogen-bond acceptors (Lipinski definition) is 9. The zero-order chi connectivity index (χ0) is 23.4. The molecule has 10 nitrogen and oxygen atoms in total. The normalized spacial score (nSPS) is 15.2. The molecule has 2 aromatic carbocycles. The minimum absolute atomic E-state index is 0.0853. The van der Waals surface area contributed by atoms with Crippen molar-refractivity contribution >= 4 is 27.5 Å². The molecule has 1 saturated heterocycles. The van der Waals surface area contributed by atoms with Crippen LogP contribution in [0.2, 0.25) is 0 Å². The quantitative estimate of drug-likeness (QED) is 0.350. The summed E-state index contributed by atoms with van der Waals surface area (Å²) >= 11 is 0.899. The summed E-state index contributed by atoms with van der Waals surface area (Å²) in [6.45, 7) is 0.834. The van der Waals surface area contributed by atoms with Crippen LogP contribution in [-0.2, 0) is 10.0 Å². The first-order valence-corrected chi connectivity index (χ1v) is 12.6. The zero-order valence-electron chi connectivity index (χ0n) is 17.8. The first kappa shape index (κ1) is 23.2. The molecular weight excluding hydrogens is 468 g/mol. The van der Waals surface area contributed by atoms with Gasteiger partial charge in [-0.1, -0.05) is 25.0 Å². The predicted molar refractivity (Wildman–Crippen MR) is 121 cm³/mol. The van der Waals surface area contributed by atoms with Gasteiger partial charge in [0.2, 0.25) is 10.0 Å². The molecule has 0 amide bonds. The van der Waals surface area contributed by atoms with Gasteiger partial charge in [-0.3, -0.25) is 10.1 Å². The highest BCUT2D eigenvalue weighted by Gasteiger charge is 2.29. The average molecular weight is 491 g/mol. The van der Waals surface area contributed by atoms with Gasteiger partial charge in [0.25, 0.3) is 16.8 Å². The highest BCUT2D eigenvalue weighted by Crippen LogP contribution is 2.38. The second-order valence-corrected chi connectivity index (χ2v) is 10.3. The molecule has 0 atom stereocenters. The Hall–Kier alpha value is -2.96. The molecule has 0 unspecified atom stereocenters. The van der Waals surface area contributed by atoms with Gasteiger partial charge in [-0.2, -0.15) is 4.31 Å². The highest BCUT2D eigenvalue weighted by atomic mass is 32.2. The smallest absolute Gasteiger partial charge is 0.284 e. The van der Waals surface area contributed by atoms with Gasteiger partial charge in [0, 0.05) is 19.2 Å². The van der Waals surface area contributed by atoms with Crippen molar-refractivity contribution < 1.29 is 22.5 Å². The van der Waals surface area contributed by atoms with E-state index in [1.54, 1.807) is 24.3 Å². The zero-order valence-corrected chi connectivity index (χ0v) is 19.5. The molecule has 3 aromatic rings. The summed E-state index contributed by atoms with van der Waals surface area (Å²) in [5.74, 6) is 0.754. The third-order valence-corrected chi connectivity index (χ3v) is 8.07. The monoisotopic (exact) mass is 490 g/mol. The molecule has 174 valence electrons. The molecule has 12 heteroatoms. The second kappa shape index (κ2) is 9.89. The van der Waals surface area contributed by atoms with Crippen LogP contribution in [0.4, 0.5) is 5.69 Å². The van der Waals surface area contributed by atoms with E-state index in [1.165, 1.54) is 23.5 Å². The lowest BCUT2D eigenvalue weighted by Gasteiger charge is -2.19. The molecule has 0 saturated carbocycles. The number of hydrogen-bond donors (Lipinski definition) is 0. The summed E-state index contributed by atoms with van der Waals surface area (Å²) in [7, 11) is -2.29. The van der Waals surface area contributed by atoms with Crippen LogP contribution in [0.5, 0.6) is 5.75 Å². The molecule has 4 rings (SSSR count). The minimum atomic E-state index is -3.82. The van der Waals surface area contributed by atoms with E-state index in [4.69, 9.17) is 9.15 Å². The predicted octanol–water partition coefficient (Wildman–Crippen LogP) is 4.37. The third kappa shape index (κ3) is 5.02. The van der Waals surface area contributed by atoms with Crippen molar-refractivity contribution in [3.63, 3.8) is 0 Å². The number of nitro groups is 1. The topological polar surface area (TPSA) is 129 Å². The van der Waals surface area contributed by atoms with Gasteiger partial charge in [-0.05, 0) is 48.9 Å². The second-order valence-electron chi connectivity index (χ2n) is 7.38. The lowest BCUT2D eigenvalue weighted by atomic mass is 10.2.